The smallest absolute Gasteiger partial charge is 0.257 e. The zero-order chi connectivity index (χ0) is 13.9. The van der Waals surface area contributed by atoms with Gasteiger partial charge in [-0.15, -0.1) is 0 Å². The molecule has 0 aromatic heterocycles. The number of amides is 1. The molecular formula is C12H16N2O3S. The topological polar surface area (TPSA) is 86.8 Å². The summed E-state index contributed by atoms with van der Waals surface area (Å²) in [5, 5.41) is 18.9. The van der Waals surface area contributed by atoms with Crippen LogP contribution in [0.1, 0.15) is 23.7 Å². The first kappa shape index (κ1) is 14.2. The van der Waals surface area contributed by atoms with Crippen molar-refractivity contribution in [2.24, 2.45) is 5.73 Å². The van der Waals surface area contributed by atoms with Crippen LogP contribution >= 0.6 is 12.2 Å². The zero-order valence-corrected chi connectivity index (χ0v) is 11.1. The fraction of sp³-hybridized carbons (Fsp3) is 0.333. The number of carbonyl (C=O) groups excluding carboxylic acids is 1. The average molecular weight is 268 g/mol. The monoisotopic (exact) mass is 268 g/mol. The first-order valence-electron chi connectivity index (χ1n) is 5.40. The third kappa shape index (κ3) is 3.33. The Labute approximate surface area is 111 Å². The molecule has 0 fully saturated rings. The van der Waals surface area contributed by atoms with E-state index in [1.54, 1.807) is 14.0 Å². The second-order valence-corrected chi connectivity index (χ2v) is 4.66. The molecule has 0 aliphatic rings. The maximum atomic E-state index is 12.1. The van der Waals surface area contributed by atoms with Crippen LogP contribution in [0.2, 0.25) is 0 Å². The summed E-state index contributed by atoms with van der Waals surface area (Å²) in [6.45, 7) is 1.80. The first-order chi connectivity index (χ1) is 8.32. The molecule has 5 nitrogen and oxygen atoms in total. The number of phenols is 2. The van der Waals surface area contributed by atoms with Crippen LogP contribution in [0, 0.1) is 0 Å². The molecule has 1 unspecified atom stereocenters. The molecule has 0 saturated heterocycles. The Hall–Kier alpha value is -1.82. The Balaban J connectivity index is 2.92. The normalized spacial score (nSPS) is 11.9. The van der Waals surface area contributed by atoms with Gasteiger partial charge in [-0.05, 0) is 25.1 Å². The molecule has 0 spiro atoms. The lowest BCUT2D eigenvalue weighted by Crippen LogP contribution is -2.37. The molecule has 0 bridgehead atoms. The summed E-state index contributed by atoms with van der Waals surface area (Å²) in [5.74, 6) is -0.647. The molecule has 1 rings (SSSR count). The molecule has 4 N–H and O–H groups in total. The molecule has 1 aromatic rings. The number of hydrogen-bond acceptors (Lipinski definition) is 4. The highest BCUT2D eigenvalue weighted by molar-refractivity contribution is 7.80. The van der Waals surface area contributed by atoms with Gasteiger partial charge in [0.1, 0.15) is 11.5 Å². The first-order valence-corrected chi connectivity index (χ1v) is 5.81. The van der Waals surface area contributed by atoms with Gasteiger partial charge in [0, 0.05) is 19.5 Å². The number of nitrogens with zero attached hydrogens (tertiary/aromatic N) is 1. The number of thiocarbonyl (C=S) groups is 1. The highest BCUT2D eigenvalue weighted by Gasteiger charge is 2.21. The van der Waals surface area contributed by atoms with Gasteiger partial charge in [-0.3, -0.25) is 4.79 Å². The van der Waals surface area contributed by atoms with E-state index in [9.17, 15) is 15.0 Å². The third-order valence-electron chi connectivity index (χ3n) is 2.69. The Bertz CT molecular complexity index is 476. The Morgan fingerprint density at radius 1 is 1.50 bits per heavy atom. The summed E-state index contributed by atoms with van der Waals surface area (Å²) in [5.41, 5.74) is 5.48. The molecular weight excluding hydrogens is 252 g/mol. The van der Waals surface area contributed by atoms with E-state index >= 15 is 0 Å². The van der Waals surface area contributed by atoms with Crippen LogP contribution < -0.4 is 5.73 Å². The zero-order valence-electron chi connectivity index (χ0n) is 10.3. The summed E-state index contributed by atoms with van der Waals surface area (Å²) in [6.07, 6.45) is 0.400. The van der Waals surface area contributed by atoms with Crippen molar-refractivity contribution in [1.82, 2.24) is 4.90 Å². The summed E-state index contributed by atoms with van der Waals surface area (Å²) in [6, 6.07) is 3.62. The quantitative estimate of drug-likeness (QED) is 0.565. The standard InChI is InChI=1S/C12H16N2O3S/c1-7(5-11(13)18)14(2)12(17)9-6-8(15)3-4-10(9)16/h3-4,6-7,15-16H,5H2,1-2H3,(H2,13,18). The Morgan fingerprint density at radius 3 is 2.67 bits per heavy atom. The molecule has 1 atom stereocenters. The molecule has 18 heavy (non-hydrogen) atoms. The van der Waals surface area contributed by atoms with Gasteiger partial charge in [-0.1, -0.05) is 12.2 Å². The van der Waals surface area contributed by atoms with E-state index in [1.807, 2.05) is 0 Å². The van der Waals surface area contributed by atoms with Crippen LogP contribution in [-0.4, -0.2) is 39.1 Å². The van der Waals surface area contributed by atoms with E-state index in [0.717, 1.165) is 0 Å². The SMILES string of the molecule is CC(CC(N)=S)N(C)C(=O)c1cc(O)ccc1O. The minimum Gasteiger partial charge on any atom is -0.508 e. The van der Waals surface area contributed by atoms with E-state index in [4.69, 9.17) is 18.0 Å². The van der Waals surface area contributed by atoms with E-state index in [1.165, 1.54) is 23.1 Å². The van der Waals surface area contributed by atoms with E-state index in [0.29, 0.717) is 11.4 Å². The van der Waals surface area contributed by atoms with E-state index in [-0.39, 0.29) is 23.1 Å². The second-order valence-electron chi connectivity index (χ2n) is 4.14. The van der Waals surface area contributed by atoms with E-state index < -0.39 is 5.91 Å². The van der Waals surface area contributed by atoms with Gasteiger partial charge >= 0.3 is 0 Å². The number of rotatable bonds is 4. The lowest BCUT2D eigenvalue weighted by atomic mass is 10.1. The van der Waals surface area contributed by atoms with Crippen LogP contribution in [0.4, 0.5) is 0 Å². The molecule has 1 amide bonds. The van der Waals surface area contributed by atoms with Gasteiger partial charge in [-0.2, -0.15) is 0 Å². The highest BCUT2D eigenvalue weighted by atomic mass is 32.1. The van der Waals surface area contributed by atoms with Crippen LogP contribution in [0.3, 0.4) is 0 Å². The van der Waals surface area contributed by atoms with Crippen molar-refractivity contribution in [1.29, 1.82) is 0 Å². The van der Waals surface area contributed by atoms with Crippen molar-refractivity contribution in [3.8, 4) is 11.5 Å². The number of nitrogens with two attached hydrogens (primary N) is 1. The third-order valence-corrected chi connectivity index (χ3v) is 2.86. The van der Waals surface area contributed by atoms with Crippen LogP contribution in [0.25, 0.3) is 0 Å². The molecule has 0 aliphatic carbocycles. The molecule has 98 valence electrons. The van der Waals surface area contributed by atoms with Crippen molar-refractivity contribution in [3.05, 3.63) is 23.8 Å². The number of carbonyl (C=O) groups is 1. The minimum atomic E-state index is -0.396. The summed E-state index contributed by atoms with van der Waals surface area (Å²) < 4.78 is 0. The number of aromatic hydroxyl groups is 2. The van der Waals surface area contributed by atoms with Crippen molar-refractivity contribution in [2.75, 3.05) is 7.05 Å². The van der Waals surface area contributed by atoms with Gasteiger partial charge in [0.25, 0.3) is 5.91 Å². The van der Waals surface area contributed by atoms with Crippen LogP contribution in [0.15, 0.2) is 18.2 Å². The largest absolute Gasteiger partial charge is 0.508 e. The second kappa shape index (κ2) is 5.68. The summed E-state index contributed by atoms with van der Waals surface area (Å²) in [4.78, 5) is 13.9. The minimum absolute atomic E-state index is 0.0484. The number of phenolic OH excluding ortho intramolecular Hbond substituents is 2. The van der Waals surface area contributed by atoms with Crippen molar-refractivity contribution in [2.45, 2.75) is 19.4 Å². The maximum Gasteiger partial charge on any atom is 0.257 e. The van der Waals surface area contributed by atoms with Gasteiger partial charge in [0.15, 0.2) is 0 Å². The molecule has 0 radical (unpaired) electrons. The number of benzene rings is 1. The van der Waals surface area contributed by atoms with Crippen molar-refractivity contribution < 1.29 is 15.0 Å². The van der Waals surface area contributed by atoms with E-state index in [2.05, 4.69) is 0 Å². The molecule has 0 heterocycles. The Kier molecular flexibility index (Phi) is 4.49. The summed E-state index contributed by atoms with van der Waals surface area (Å²) in [7, 11) is 1.59. The lowest BCUT2D eigenvalue weighted by molar-refractivity contribution is 0.0744. The molecule has 0 aliphatic heterocycles. The van der Waals surface area contributed by atoms with Gasteiger partial charge in [-0.25, -0.2) is 0 Å². The predicted molar refractivity (Wildman–Crippen MR) is 72.7 cm³/mol. The molecule has 0 saturated carbocycles. The lowest BCUT2D eigenvalue weighted by Gasteiger charge is -2.25. The number of hydrogen-bond donors (Lipinski definition) is 3. The average Bonchev–Trinajstić information content (AvgIpc) is 2.29. The fourth-order valence-corrected chi connectivity index (χ4v) is 1.75. The van der Waals surface area contributed by atoms with Gasteiger partial charge < -0.3 is 20.8 Å². The van der Waals surface area contributed by atoms with Crippen molar-refractivity contribution >= 4 is 23.1 Å². The van der Waals surface area contributed by atoms with Crippen LogP contribution in [0.5, 0.6) is 11.5 Å². The summed E-state index contributed by atoms with van der Waals surface area (Å²) >= 11 is 4.79. The fourth-order valence-electron chi connectivity index (χ4n) is 1.51. The van der Waals surface area contributed by atoms with Gasteiger partial charge in [0.05, 0.1) is 10.6 Å². The Morgan fingerprint density at radius 2 is 2.11 bits per heavy atom. The molecule has 6 heteroatoms. The van der Waals surface area contributed by atoms with Crippen LogP contribution in [-0.2, 0) is 0 Å². The highest BCUT2D eigenvalue weighted by Crippen LogP contribution is 2.24. The predicted octanol–water partition coefficient (Wildman–Crippen LogP) is 1.23. The maximum absolute atomic E-state index is 12.1. The van der Waals surface area contributed by atoms with Crippen molar-refractivity contribution in [3.63, 3.8) is 0 Å². The molecule has 1 aromatic carbocycles. The van der Waals surface area contributed by atoms with Gasteiger partial charge in [0.2, 0.25) is 0 Å².